The van der Waals surface area contributed by atoms with Crippen LogP contribution in [-0.4, -0.2) is 62.5 Å². The average molecular weight is 565 g/mol. The molecule has 5 atom stereocenters. The topological polar surface area (TPSA) is 75.6 Å². The molecule has 0 N–H and O–H groups in total. The summed E-state index contributed by atoms with van der Waals surface area (Å²) in [6, 6.07) is 7.77. The molecule has 3 aromatic rings. The fraction of sp³-hybridized carbons (Fsp3) is 0.548. The van der Waals surface area contributed by atoms with Crippen LogP contribution in [-0.2, 0) is 11.4 Å². The minimum atomic E-state index is -0.613. The van der Waals surface area contributed by atoms with Crippen molar-refractivity contribution in [2.75, 3.05) is 7.05 Å². The van der Waals surface area contributed by atoms with Crippen LogP contribution in [0.15, 0.2) is 29.6 Å². The molecule has 212 valence electrons. The lowest BCUT2D eigenvalue weighted by atomic mass is 9.95. The average Bonchev–Trinajstić information content (AvgIpc) is 3.47. The Bertz CT molecular complexity index is 1450. The van der Waals surface area contributed by atoms with Crippen molar-refractivity contribution in [2.24, 2.45) is 0 Å². The largest absolute Gasteiger partial charge is 0.444 e. The summed E-state index contributed by atoms with van der Waals surface area (Å²) in [5, 5.41) is 3.13. The number of hydrogen-bond donors (Lipinski definition) is 0. The molecule has 0 radical (unpaired) electrons. The Morgan fingerprint density at radius 1 is 1.10 bits per heavy atom. The first-order chi connectivity index (χ1) is 19.0. The van der Waals surface area contributed by atoms with Crippen LogP contribution < -0.4 is 0 Å². The van der Waals surface area contributed by atoms with E-state index >= 15 is 0 Å². The van der Waals surface area contributed by atoms with E-state index in [1.165, 1.54) is 0 Å². The van der Waals surface area contributed by atoms with Crippen LogP contribution >= 0.6 is 11.3 Å². The number of halogens is 1. The number of carbonyl (C=O) groups is 2. The molecule has 2 saturated heterocycles. The second-order valence-corrected chi connectivity index (χ2v) is 13.5. The fourth-order valence-electron chi connectivity index (χ4n) is 6.78. The Hall–Kier alpha value is -3.07. The van der Waals surface area contributed by atoms with Gasteiger partial charge in [-0.3, -0.25) is 4.79 Å². The molecule has 9 heteroatoms. The Morgan fingerprint density at radius 2 is 1.82 bits per heavy atom. The minimum absolute atomic E-state index is 0.0269. The predicted octanol–water partition coefficient (Wildman–Crippen LogP) is 6.74. The molecule has 3 aliphatic rings. The van der Waals surface area contributed by atoms with E-state index in [4.69, 9.17) is 9.72 Å². The molecule has 3 fully saturated rings. The monoisotopic (exact) mass is 564 g/mol. The maximum absolute atomic E-state index is 14.3. The van der Waals surface area contributed by atoms with E-state index in [-0.39, 0.29) is 42.0 Å². The third kappa shape index (κ3) is 4.97. The van der Waals surface area contributed by atoms with E-state index < -0.39 is 12.3 Å². The van der Waals surface area contributed by atoms with Gasteiger partial charge < -0.3 is 14.5 Å². The zero-order valence-corrected chi connectivity index (χ0v) is 24.6. The number of aromatic nitrogens is 2. The molecule has 1 saturated carbocycles. The number of nitrogens with zero attached hydrogens (tertiary/aromatic N) is 4. The molecule has 6 rings (SSSR count). The number of alkyl halides is 1. The van der Waals surface area contributed by atoms with Gasteiger partial charge in [0.25, 0.3) is 5.91 Å². The summed E-state index contributed by atoms with van der Waals surface area (Å²) in [7, 11) is 1.83. The van der Waals surface area contributed by atoms with Gasteiger partial charge in [0.2, 0.25) is 0 Å². The third-order valence-corrected chi connectivity index (χ3v) is 9.53. The number of carbonyl (C=O) groups excluding carboxylic acids is 2. The van der Waals surface area contributed by atoms with Crippen LogP contribution in [0, 0.1) is 6.92 Å². The third-order valence-electron chi connectivity index (χ3n) is 8.72. The van der Waals surface area contributed by atoms with Gasteiger partial charge in [-0.1, -0.05) is 6.07 Å². The van der Waals surface area contributed by atoms with Crippen LogP contribution in [0.3, 0.4) is 0 Å². The van der Waals surface area contributed by atoms with Gasteiger partial charge in [0, 0.05) is 42.0 Å². The lowest BCUT2D eigenvalue weighted by Crippen LogP contribution is -2.53. The van der Waals surface area contributed by atoms with Crippen LogP contribution in [0.4, 0.5) is 9.18 Å². The number of thiophene rings is 1. The number of rotatable bonds is 5. The molecule has 2 bridgehead atoms. The Labute approximate surface area is 238 Å². The van der Waals surface area contributed by atoms with E-state index in [9.17, 15) is 14.0 Å². The van der Waals surface area contributed by atoms with Crippen molar-refractivity contribution in [3.8, 4) is 0 Å². The first kappa shape index (κ1) is 27.1. The summed E-state index contributed by atoms with van der Waals surface area (Å²) in [4.78, 5) is 40.4. The highest BCUT2D eigenvalue weighted by atomic mass is 32.1. The van der Waals surface area contributed by atoms with Crippen molar-refractivity contribution in [1.29, 1.82) is 0 Å². The number of aryl methyl sites for hydroxylation is 1. The molecule has 1 aliphatic carbocycles. The molecule has 1 aromatic carbocycles. The molecule has 2 aromatic heterocycles. The van der Waals surface area contributed by atoms with Gasteiger partial charge in [-0.05, 0) is 100 Å². The van der Waals surface area contributed by atoms with Gasteiger partial charge in [0.05, 0.1) is 5.69 Å². The number of amides is 2. The highest BCUT2D eigenvalue weighted by molar-refractivity contribution is 7.16. The Balaban J connectivity index is 1.16. The Morgan fingerprint density at radius 3 is 2.50 bits per heavy atom. The van der Waals surface area contributed by atoms with Crippen molar-refractivity contribution in [1.82, 2.24) is 19.8 Å². The molecular weight excluding hydrogens is 527 g/mol. The van der Waals surface area contributed by atoms with Gasteiger partial charge in [-0.25, -0.2) is 19.2 Å². The zero-order chi connectivity index (χ0) is 28.3. The fourth-order valence-corrected chi connectivity index (χ4v) is 7.59. The van der Waals surface area contributed by atoms with Crippen LogP contribution in [0.1, 0.15) is 97.7 Å². The van der Waals surface area contributed by atoms with Crippen LogP contribution in [0.25, 0.3) is 10.2 Å². The zero-order valence-electron chi connectivity index (χ0n) is 23.8. The number of benzene rings is 1. The molecule has 3 unspecified atom stereocenters. The summed E-state index contributed by atoms with van der Waals surface area (Å²) >= 11 is 1.61. The number of hydrogen-bond acceptors (Lipinski definition) is 6. The smallest absolute Gasteiger partial charge is 0.410 e. The summed E-state index contributed by atoms with van der Waals surface area (Å²) in [6.45, 7) is 6.94. The van der Waals surface area contributed by atoms with Crippen molar-refractivity contribution < 1.29 is 18.7 Å². The highest BCUT2D eigenvalue weighted by Gasteiger charge is 2.47. The second-order valence-electron chi connectivity index (χ2n) is 12.6. The molecular formula is C31H37FN4O3S. The van der Waals surface area contributed by atoms with Gasteiger partial charge in [-0.15, -0.1) is 11.3 Å². The van der Waals surface area contributed by atoms with Crippen molar-refractivity contribution >= 4 is 33.6 Å². The number of ether oxygens (including phenoxy) is 1. The first-order valence-electron chi connectivity index (χ1n) is 14.2. The minimum Gasteiger partial charge on any atom is -0.444 e. The van der Waals surface area contributed by atoms with Gasteiger partial charge in [0.1, 0.15) is 22.9 Å². The summed E-state index contributed by atoms with van der Waals surface area (Å²) in [6.07, 6.45) is 3.97. The van der Waals surface area contributed by atoms with Crippen molar-refractivity contribution in [3.05, 3.63) is 57.9 Å². The number of fused-ring (bicyclic) bond motifs is 3. The normalized spacial score (nSPS) is 25.8. The van der Waals surface area contributed by atoms with E-state index in [2.05, 4.69) is 11.1 Å². The van der Waals surface area contributed by atoms with E-state index in [0.29, 0.717) is 11.1 Å². The molecule has 40 heavy (non-hydrogen) atoms. The first-order valence-corrected chi connectivity index (χ1v) is 15.1. The van der Waals surface area contributed by atoms with Gasteiger partial charge in [-0.2, -0.15) is 0 Å². The molecule has 2 aliphatic heterocycles. The van der Waals surface area contributed by atoms with Crippen LogP contribution in [0.2, 0.25) is 0 Å². The second kappa shape index (κ2) is 10.1. The maximum Gasteiger partial charge on any atom is 0.410 e. The quantitative estimate of drug-likeness (QED) is 0.343. The molecule has 7 nitrogen and oxygen atoms in total. The summed E-state index contributed by atoms with van der Waals surface area (Å²) in [5.74, 6) is 1.09. The maximum atomic E-state index is 14.3. The van der Waals surface area contributed by atoms with Gasteiger partial charge in [0.15, 0.2) is 0 Å². The van der Waals surface area contributed by atoms with E-state index in [0.717, 1.165) is 59.4 Å². The summed E-state index contributed by atoms with van der Waals surface area (Å²) in [5.41, 5.74) is 2.57. The number of piperidine rings is 1. The summed E-state index contributed by atoms with van der Waals surface area (Å²) < 4.78 is 20.0. The molecule has 0 spiro atoms. The lowest BCUT2D eigenvalue weighted by Gasteiger charge is -2.42. The lowest BCUT2D eigenvalue weighted by molar-refractivity contribution is -0.00112. The van der Waals surface area contributed by atoms with E-state index in [1.54, 1.807) is 22.3 Å². The standard InChI is InChI=1S/C31H37FN4O3S/c1-17-33-27(24-10-11-40-28(24)34-17)26-15-25(26)23-9-6-18(12-19(23)16-32)29(37)35(5)22-13-20-7-8-21(14-22)36(20)30(38)39-31(2,3)4/h6,9-12,20-22,25-26H,7-8,13-16H2,1-5H3/t20-,21+,22?,25?,26?. The van der Waals surface area contributed by atoms with Crippen LogP contribution in [0.5, 0.6) is 0 Å². The Kier molecular flexibility index (Phi) is 6.84. The van der Waals surface area contributed by atoms with Crippen molar-refractivity contribution in [3.63, 3.8) is 0 Å². The van der Waals surface area contributed by atoms with Gasteiger partial charge >= 0.3 is 6.09 Å². The highest BCUT2D eigenvalue weighted by Crippen LogP contribution is 2.56. The molecule has 2 amide bonds. The van der Waals surface area contributed by atoms with Crippen molar-refractivity contribution in [2.45, 2.75) is 102 Å². The SMILES string of the molecule is Cc1nc(C2CC2c2ccc(C(=O)N(C)C3C[C@H]4CC[C@@H](C3)N4C(=O)OC(C)(C)C)cc2CF)c2ccsc2n1. The predicted molar refractivity (Wildman–Crippen MR) is 154 cm³/mol. The van der Waals surface area contributed by atoms with E-state index in [1.807, 2.05) is 57.2 Å². The molecule has 4 heterocycles.